The standard InChI is InChI=1S/C8H10N2O5/c1-4(8(14)15)3-9-10-6(12)2-5(11)7(10)13/h5,9,11H,1-3H2,(H,14,15). The van der Waals surface area contributed by atoms with Gasteiger partial charge < -0.3 is 10.2 Å². The summed E-state index contributed by atoms with van der Waals surface area (Å²) in [6.07, 6.45) is -1.63. The molecule has 1 atom stereocenters. The fraction of sp³-hybridized carbons (Fsp3) is 0.375. The van der Waals surface area contributed by atoms with Crippen molar-refractivity contribution in [2.24, 2.45) is 0 Å². The van der Waals surface area contributed by atoms with Gasteiger partial charge in [-0.05, 0) is 0 Å². The van der Waals surface area contributed by atoms with Crippen molar-refractivity contribution in [3.8, 4) is 0 Å². The number of amides is 2. The van der Waals surface area contributed by atoms with Crippen LogP contribution in [0.25, 0.3) is 0 Å². The summed E-state index contributed by atoms with van der Waals surface area (Å²) in [6.45, 7) is 2.97. The number of aliphatic hydroxyl groups is 1. The molecule has 0 aromatic heterocycles. The van der Waals surface area contributed by atoms with Crippen LogP contribution >= 0.6 is 0 Å². The number of hydrazine groups is 1. The average Bonchev–Trinajstić information content (AvgIpc) is 2.38. The van der Waals surface area contributed by atoms with E-state index in [1.807, 2.05) is 0 Å². The van der Waals surface area contributed by atoms with Crippen LogP contribution < -0.4 is 5.43 Å². The van der Waals surface area contributed by atoms with Crippen molar-refractivity contribution < 1.29 is 24.6 Å². The second-order valence-corrected chi connectivity index (χ2v) is 3.03. The molecule has 0 radical (unpaired) electrons. The third-order valence-electron chi connectivity index (χ3n) is 1.88. The van der Waals surface area contributed by atoms with E-state index in [9.17, 15) is 14.4 Å². The van der Waals surface area contributed by atoms with Gasteiger partial charge in [0.15, 0.2) is 0 Å². The summed E-state index contributed by atoms with van der Waals surface area (Å²) in [5.41, 5.74) is 2.10. The Morgan fingerprint density at radius 1 is 1.60 bits per heavy atom. The van der Waals surface area contributed by atoms with Crippen molar-refractivity contribution in [2.45, 2.75) is 12.5 Å². The van der Waals surface area contributed by atoms with Crippen molar-refractivity contribution in [1.82, 2.24) is 10.4 Å². The summed E-state index contributed by atoms with van der Waals surface area (Å²) in [7, 11) is 0. The van der Waals surface area contributed by atoms with Crippen molar-refractivity contribution in [1.29, 1.82) is 0 Å². The Morgan fingerprint density at radius 2 is 2.20 bits per heavy atom. The second-order valence-electron chi connectivity index (χ2n) is 3.03. The number of hydrogen-bond acceptors (Lipinski definition) is 5. The Kier molecular flexibility index (Phi) is 3.17. The van der Waals surface area contributed by atoms with Crippen LogP contribution in [-0.4, -0.2) is 45.7 Å². The number of aliphatic carboxylic acids is 1. The van der Waals surface area contributed by atoms with E-state index >= 15 is 0 Å². The zero-order chi connectivity index (χ0) is 11.6. The van der Waals surface area contributed by atoms with E-state index in [1.54, 1.807) is 0 Å². The highest BCUT2D eigenvalue weighted by atomic mass is 16.4. The molecular weight excluding hydrogens is 204 g/mol. The van der Waals surface area contributed by atoms with Gasteiger partial charge in [0.1, 0.15) is 6.10 Å². The minimum Gasteiger partial charge on any atom is -0.478 e. The number of nitrogens with one attached hydrogen (secondary N) is 1. The molecule has 7 nitrogen and oxygen atoms in total. The Hall–Kier alpha value is -1.73. The normalized spacial score (nSPS) is 20.9. The first-order chi connectivity index (χ1) is 6.93. The number of carboxylic acids is 1. The maximum absolute atomic E-state index is 11.1. The molecule has 82 valence electrons. The van der Waals surface area contributed by atoms with Crippen LogP contribution in [0.5, 0.6) is 0 Å². The van der Waals surface area contributed by atoms with E-state index < -0.39 is 23.9 Å². The fourth-order valence-corrected chi connectivity index (χ4v) is 1.03. The maximum atomic E-state index is 11.1. The lowest BCUT2D eigenvalue weighted by Gasteiger charge is -2.14. The van der Waals surface area contributed by atoms with Gasteiger partial charge in [0.05, 0.1) is 6.42 Å². The smallest absolute Gasteiger partial charge is 0.332 e. The quantitative estimate of drug-likeness (QED) is 0.378. The minimum absolute atomic E-state index is 0.183. The van der Waals surface area contributed by atoms with Crippen LogP contribution in [0.1, 0.15) is 6.42 Å². The van der Waals surface area contributed by atoms with Gasteiger partial charge in [-0.2, -0.15) is 0 Å². The molecule has 1 unspecified atom stereocenters. The van der Waals surface area contributed by atoms with Crippen LogP contribution in [0.3, 0.4) is 0 Å². The van der Waals surface area contributed by atoms with Crippen LogP contribution in [0.4, 0.5) is 0 Å². The molecule has 1 fully saturated rings. The van der Waals surface area contributed by atoms with Gasteiger partial charge in [-0.25, -0.2) is 15.2 Å². The monoisotopic (exact) mass is 214 g/mol. The zero-order valence-corrected chi connectivity index (χ0v) is 7.77. The molecule has 0 bridgehead atoms. The molecule has 1 aliphatic rings. The predicted octanol–water partition coefficient (Wildman–Crippen LogP) is -1.75. The van der Waals surface area contributed by atoms with Crippen LogP contribution in [0.15, 0.2) is 12.2 Å². The molecule has 0 spiro atoms. The van der Waals surface area contributed by atoms with E-state index in [4.69, 9.17) is 10.2 Å². The molecule has 1 saturated heterocycles. The predicted molar refractivity (Wildman–Crippen MR) is 47.3 cm³/mol. The number of hydrogen-bond donors (Lipinski definition) is 3. The number of rotatable bonds is 4. The summed E-state index contributed by atoms with van der Waals surface area (Å²) in [4.78, 5) is 32.6. The third kappa shape index (κ3) is 2.39. The molecule has 0 saturated carbocycles. The third-order valence-corrected chi connectivity index (χ3v) is 1.88. The molecule has 7 heteroatoms. The summed E-state index contributed by atoms with van der Waals surface area (Å²) in [6, 6.07) is 0. The Bertz CT molecular complexity index is 338. The van der Waals surface area contributed by atoms with Gasteiger partial charge >= 0.3 is 5.97 Å². The average molecular weight is 214 g/mol. The molecule has 3 N–H and O–H groups in total. The molecule has 2 amide bonds. The van der Waals surface area contributed by atoms with E-state index in [1.165, 1.54) is 0 Å². The topological polar surface area (TPSA) is 107 Å². The number of carboxylic acid groups (broad SMARTS) is 1. The highest BCUT2D eigenvalue weighted by molar-refractivity contribution is 6.04. The fourth-order valence-electron chi connectivity index (χ4n) is 1.03. The van der Waals surface area contributed by atoms with Gasteiger partial charge in [0.25, 0.3) is 5.91 Å². The lowest BCUT2D eigenvalue weighted by Crippen LogP contribution is -2.44. The van der Waals surface area contributed by atoms with E-state index in [2.05, 4.69) is 12.0 Å². The maximum Gasteiger partial charge on any atom is 0.332 e. The lowest BCUT2D eigenvalue weighted by atomic mass is 10.3. The van der Waals surface area contributed by atoms with Gasteiger partial charge in [-0.1, -0.05) is 6.58 Å². The van der Waals surface area contributed by atoms with Crippen molar-refractivity contribution >= 4 is 17.8 Å². The molecule has 0 aliphatic carbocycles. The van der Waals surface area contributed by atoms with Gasteiger partial charge in [-0.3, -0.25) is 9.59 Å². The van der Waals surface area contributed by atoms with Crippen LogP contribution in [0, 0.1) is 0 Å². The van der Waals surface area contributed by atoms with Gasteiger partial charge in [-0.15, -0.1) is 0 Å². The minimum atomic E-state index is -1.34. The summed E-state index contributed by atoms with van der Waals surface area (Å²) >= 11 is 0. The largest absolute Gasteiger partial charge is 0.478 e. The first kappa shape index (κ1) is 11.3. The summed E-state index contributed by atoms with van der Waals surface area (Å²) in [5, 5.41) is 18.1. The highest BCUT2D eigenvalue weighted by Crippen LogP contribution is 2.09. The van der Waals surface area contributed by atoms with E-state index in [0.717, 1.165) is 0 Å². The number of carbonyl (C=O) groups is 3. The van der Waals surface area contributed by atoms with E-state index in [-0.39, 0.29) is 18.5 Å². The van der Waals surface area contributed by atoms with Crippen LogP contribution in [0.2, 0.25) is 0 Å². The first-order valence-electron chi connectivity index (χ1n) is 4.13. The number of nitrogens with zero attached hydrogens (tertiary/aromatic N) is 1. The van der Waals surface area contributed by atoms with Gasteiger partial charge in [0, 0.05) is 12.1 Å². The molecule has 0 aromatic rings. The van der Waals surface area contributed by atoms with Gasteiger partial charge in [0.2, 0.25) is 5.91 Å². The molecule has 15 heavy (non-hydrogen) atoms. The van der Waals surface area contributed by atoms with Crippen LogP contribution in [-0.2, 0) is 14.4 Å². The first-order valence-corrected chi connectivity index (χ1v) is 4.13. The summed E-state index contributed by atoms with van der Waals surface area (Å²) < 4.78 is 0. The number of imide groups is 1. The molecule has 1 rings (SSSR count). The molecule has 1 heterocycles. The molecule has 1 aliphatic heterocycles. The zero-order valence-electron chi connectivity index (χ0n) is 7.77. The van der Waals surface area contributed by atoms with E-state index in [0.29, 0.717) is 5.01 Å². The number of aliphatic hydroxyl groups excluding tert-OH is 1. The second kappa shape index (κ2) is 4.20. The lowest BCUT2D eigenvalue weighted by molar-refractivity contribution is -0.145. The van der Waals surface area contributed by atoms with Crippen molar-refractivity contribution in [3.63, 3.8) is 0 Å². The Balaban J connectivity index is 2.52. The summed E-state index contributed by atoms with van der Waals surface area (Å²) in [5.74, 6) is -2.59. The number of carbonyl (C=O) groups excluding carboxylic acids is 2. The SMILES string of the molecule is C=C(CNN1C(=O)CC(O)C1=O)C(=O)O. The molecular formula is C8H10N2O5. The Morgan fingerprint density at radius 3 is 2.60 bits per heavy atom. The Labute approximate surface area is 85.0 Å². The molecule has 0 aromatic carbocycles. The van der Waals surface area contributed by atoms with Crippen molar-refractivity contribution in [3.05, 3.63) is 12.2 Å². The van der Waals surface area contributed by atoms with Crippen molar-refractivity contribution in [2.75, 3.05) is 6.54 Å². The highest BCUT2D eigenvalue weighted by Gasteiger charge is 2.37.